The molecule has 0 saturated heterocycles. The highest BCUT2D eigenvalue weighted by Gasteiger charge is 2.23. The molecule has 8 heteroatoms. The first-order valence-electron chi connectivity index (χ1n) is 7.86. The van der Waals surface area contributed by atoms with Crippen LogP contribution in [0.1, 0.15) is 12.5 Å². The average molecular weight is 396 g/mol. The van der Waals surface area contributed by atoms with E-state index in [-0.39, 0.29) is 28.6 Å². The predicted octanol–water partition coefficient (Wildman–Crippen LogP) is 3.46. The summed E-state index contributed by atoms with van der Waals surface area (Å²) in [5.74, 6) is -0.474. The molecule has 0 aliphatic heterocycles. The van der Waals surface area contributed by atoms with Crippen LogP contribution in [0.25, 0.3) is 11.3 Å². The molecule has 3 rings (SSSR count). The molecule has 1 aromatic carbocycles. The van der Waals surface area contributed by atoms with Crippen molar-refractivity contribution in [3.8, 4) is 11.3 Å². The van der Waals surface area contributed by atoms with Gasteiger partial charge in [0.05, 0.1) is 5.69 Å². The Bertz CT molecular complexity index is 975. The van der Waals surface area contributed by atoms with E-state index in [1.807, 2.05) is 6.92 Å². The van der Waals surface area contributed by atoms with E-state index in [0.717, 1.165) is 16.1 Å². The van der Waals surface area contributed by atoms with Crippen molar-refractivity contribution in [3.05, 3.63) is 72.4 Å². The SMILES string of the molecule is CCNCc1cc(-c2ccccc2F)n(S(=O)(=O)c2cccnc2)c1.Cl. The van der Waals surface area contributed by atoms with Gasteiger partial charge in [-0.25, -0.2) is 16.8 Å². The third-order valence-corrected chi connectivity index (χ3v) is 5.42. The molecule has 5 nitrogen and oxygen atoms in total. The van der Waals surface area contributed by atoms with Crippen LogP contribution in [-0.4, -0.2) is 23.9 Å². The standard InChI is InChI=1S/C18H18FN3O2S.ClH/c1-2-20-11-14-10-18(16-7-3-4-8-17(16)19)22(13-14)25(23,24)15-6-5-9-21-12-15;/h3-10,12-13,20H,2,11H2,1H3;1H. The van der Waals surface area contributed by atoms with Crippen LogP contribution in [0.5, 0.6) is 0 Å². The lowest BCUT2D eigenvalue weighted by Gasteiger charge is -2.10. The Balaban J connectivity index is 0.00000243. The lowest BCUT2D eigenvalue weighted by molar-refractivity contribution is 0.587. The maximum atomic E-state index is 14.3. The number of benzene rings is 1. The molecule has 0 aliphatic carbocycles. The Labute approximate surface area is 158 Å². The molecule has 0 atom stereocenters. The highest BCUT2D eigenvalue weighted by Crippen LogP contribution is 2.28. The fourth-order valence-corrected chi connectivity index (χ4v) is 3.90. The first kappa shape index (κ1) is 20.1. The van der Waals surface area contributed by atoms with Crippen molar-refractivity contribution < 1.29 is 12.8 Å². The van der Waals surface area contributed by atoms with Gasteiger partial charge in [0.15, 0.2) is 0 Å². The summed E-state index contributed by atoms with van der Waals surface area (Å²) in [5, 5.41) is 3.15. The number of aromatic nitrogens is 2. The summed E-state index contributed by atoms with van der Waals surface area (Å²) >= 11 is 0. The lowest BCUT2D eigenvalue weighted by Crippen LogP contribution is -2.14. The molecular weight excluding hydrogens is 377 g/mol. The zero-order valence-electron chi connectivity index (χ0n) is 14.1. The number of nitrogens with zero attached hydrogens (tertiary/aromatic N) is 2. The molecule has 26 heavy (non-hydrogen) atoms. The molecule has 0 bridgehead atoms. The van der Waals surface area contributed by atoms with Gasteiger partial charge >= 0.3 is 0 Å². The zero-order valence-corrected chi connectivity index (χ0v) is 15.7. The van der Waals surface area contributed by atoms with Gasteiger partial charge in [-0.3, -0.25) is 4.98 Å². The molecule has 0 radical (unpaired) electrons. The van der Waals surface area contributed by atoms with E-state index in [0.29, 0.717) is 6.54 Å². The maximum Gasteiger partial charge on any atom is 0.269 e. The Morgan fingerprint density at radius 1 is 1.19 bits per heavy atom. The van der Waals surface area contributed by atoms with Gasteiger partial charge in [-0.15, -0.1) is 12.4 Å². The Kier molecular flexibility index (Phi) is 6.52. The highest BCUT2D eigenvalue weighted by molar-refractivity contribution is 7.90. The summed E-state index contributed by atoms with van der Waals surface area (Å²) in [4.78, 5) is 3.93. The number of rotatable bonds is 6. The summed E-state index contributed by atoms with van der Waals surface area (Å²) < 4.78 is 41.4. The third-order valence-electron chi connectivity index (χ3n) is 3.76. The van der Waals surface area contributed by atoms with Crippen molar-refractivity contribution >= 4 is 22.4 Å². The summed E-state index contributed by atoms with van der Waals surface area (Å²) in [5.41, 5.74) is 1.28. The molecule has 0 aliphatic rings. The highest BCUT2D eigenvalue weighted by atomic mass is 35.5. The molecule has 0 fully saturated rings. The minimum Gasteiger partial charge on any atom is -0.313 e. The quantitative estimate of drug-likeness (QED) is 0.694. The first-order valence-corrected chi connectivity index (χ1v) is 9.30. The van der Waals surface area contributed by atoms with Crippen molar-refractivity contribution in [1.82, 2.24) is 14.3 Å². The van der Waals surface area contributed by atoms with Crippen molar-refractivity contribution in [2.75, 3.05) is 6.54 Å². The van der Waals surface area contributed by atoms with Gasteiger partial charge in [0.25, 0.3) is 10.0 Å². The molecule has 0 saturated carbocycles. The topological polar surface area (TPSA) is 64.0 Å². The van der Waals surface area contributed by atoms with E-state index in [1.54, 1.807) is 30.3 Å². The summed E-state index contributed by atoms with van der Waals surface area (Å²) in [6.07, 6.45) is 4.31. The van der Waals surface area contributed by atoms with E-state index in [2.05, 4.69) is 10.3 Å². The van der Waals surface area contributed by atoms with Gasteiger partial charge in [-0.05, 0) is 42.4 Å². The Morgan fingerprint density at radius 2 is 1.96 bits per heavy atom. The van der Waals surface area contributed by atoms with Gasteiger partial charge in [-0.2, -0.15) is 0 Å². The second-order valence-corrected chi connectivity index (χ2v) is 7.30. The van der Waals surface area contributed by atoms with Crippen molar-refractivity contribution in [2.45, 2.75) is 18.4 Å². The van der Waals surface area contributed by atoms with Crippen LogP contribution < -0.4 is 5.32 Å². The van der Waals surface area contributed by atoms with E-state index in [4.69, 9.17) is 0 Å². The van der Waals surface area contributed by atoms with E-state index < -0.39 is 15.8 Å². The second-order valence-electron chi connectivity index (χ2n) is 5.48. The van der Waals surface area contributed by atoms with Gasteiger partial charge in [0, 0.05) is 30.7 Å². The molecule has 3 aromatic rings. The van der Waals surface area contributed by atoms with Crippen LogP contribution >= 0.6 is 12.4 Å². The minimum absolute atomic E-state index is 0. The van der Waals surface area contributed by atoms with Crippen LogP contribution in [-0.2, 0) is 16.6 Å². The number of pyridine rings is 1. The number of halogens is 2. The Hall–Kier alpha value is -2.22. The maximum absolute atomic E-state index is 14.3. The largest absolute Gasteiger partial charge is 0.313 e. The average Bonchev–Trinajstić information content (AvgIpc) is 3.06. The van der Waals surface area contributed by atoms with Crippen molar-refractivity contribution in [2.24, 2.45) is 0 Å². The molecular formula is C18H19ClFN3O2S. The minimum atomic E-state index is -3.88. The van der Waals surface area contributed by atoms with Crippen LogP contribution in [0.4, 0.5) is 4.39 Å². The van der Waals surface area contributed by atoms with E-state index in [1.165, 1.54) is 30.7 Å². The molecule has 2 heterocycles. The summed E-state index contributed by atoms with van der Waals surface area (Å²) in [7, 11) is -3.88. The Morgan fingerprint density at radius 3 is 2.62 bits per heavy atom. The molecule has 0 spiro atoms. The molecule has 0 unspecified atom stereocenters. The fourth-order valence-electron chi connectivity index (χ4n) is 2.54. The first-order chi connectivity index (χ1) is 12.0. The van der Waals surface area contributed by atoms with Gasteiger partial charge in [0.2, 0.25) is 0 Å². The van der Waals surface area contributed by atoms with Gasteiger partial charge in [0.1, 0.15) is 10.7 Å². The lowest BCUT2D eigenvalue weighted by atomic mass is 10.1. The number of hydrogen-bond acceptors (Lipinski definition) is 4. The molecule has 0 amide bonds. The fraction of sp³-hybridized carbons (Fsp3) is 0.167. The van der Waals surface area contributed by atoms with Gasteiger partial charge in [-0.1, -0.05) is 19.1 Å². The third kappa shape index (κ3) is 3.95. The normalized spacial score (nSPS) is 11.2. The summed E-state index contributed by atoms with van der Waals surface area (Å²) in [6.45, 7) is 3.20. The molecule has 138 valence electrons. The van der Waals surface area contributed by atoms with Gasteiger partial charge < -0.3 is 5.32 Å². The van der Waals surface area contributed by atoms with E-state index in [9.17, 15) is 12.8 Å². The molecule has 2 aromatic heterocycles. The number of nitrogens with one attached hydrogen (secondary N) is 1. The van der Waals surface area contributed by atoms with Crippen LogP contribution in [0.15, 0.2) is 66.0 Å². The smallest absolute Gasteiger partial charge is 0.269 e. The van der Waals surface area contributed by atoms with Crippen LogP contribution in [0, 0.1) is 5.82 Å². The summed E-state index contributed by atoms with van der Waals surface area (Å²) in [6, 6.07) is 10.8. The van der Waals surface area contributed by atoms with Crippen molar-refractivity contribution in [3.63, 3.8) is 0 Å². The monoisotopic (exact) mass is 395 g/mol. The van der Waals surface area contributed by atoms with Crippen molar-refractivity contribution in [1.29, 1.82) is 0 Å². The van der Waals surface area contributed by atoms with E-state index >= 15 is 0 Å². The zero-order chi connectivity index (χ0) is 17.9. The molecule has 1 N–H and O–H groups in total. The van der Waals surface area contributed by atoms with Crippen LogP contribution in [0.2, 0.25) is 0 Å². The number of hydrogen-bond donors (Lipinski definition) is 1. The van der Waals surface area contributed by atoms with Crippen LogP contribution in [0.3, 0.4) is 0 Å². The predicted molar refractivity (Wildman–Crippen MR) is 101 cm³/mol. The second kappa shape index (κ2) is 8.44.